The van der Waals surface area contributed by atoms with Gasteiger partial charge in [0.05, 0.1) is 19.8 Å². The van der Waals surface area contributed by atoms with Crippen molar-refractivity contribution in [2.45, 2.75) is 25.8 Å². The zero-order valence-electron chi connectivity index (χ0n) is 16.3. The molecule has 0 spiro atoms. The van der Waals surface area contributed by atoms with Crippen LogP contribution in [0.4, 0.5) is 0 Å². The van der Waals surface area contributed by atoms with Gasteiger partial charge in [-0.25, -0.2) is 0 Å². The number of methoxy groups -OCH3 is 2. The Morgan fingerprint density at radius 1 is 1.19 bits per heavy atom. The summed E-state index contributed by atoms with van der Waals surface area (Å²) >= 11 is 0. The molecule has 0 aliphatic carbocycles. The lowest BCUT2D eigenvalue weighted by Gasteiger charge is -2.35. The number of hydrogen-bond acceptors (Lipinski definition) is 5. The lowest BCUT2D eigenvalue weighted by molar-refractivity contribution is -0.127. The van der Waals surface area contributed by atoms with Crippen LogP contribution in [0, 0.1) is 11.8 Å². The summed E-state index contributed by atoms with van der Waals surface area (Å²) in [5, 5.41) is 6.37. The van der Waals surface area contributed by atoms with Crippen LogP contribution in [-0.2, 0) is 4.79 Å². The summed E-state index contributed by atoms with van der Waals surface area (Å²) in [6.45, 7) is 5.09. The smallest absolute Gasteiger partial charge is 0.257 e. The summed E-state index contributed by atoms with van der Waals surface area (Å²) < 4.78 is 10.5. The molecule has 0 aromatic heterocycles. The first-order valence-corrected chi connectivity index (χ1v) is 9.56. The maximum atomic E-state index is 12.9. The molecule has 1 aromatic rings. The number of benzene rings is 1. The Kier molecular flexibility index (Phi) is 6.21. The van der Waals surface area contributed by atoms with E-state index in [1.54, 1.807) is 32.4 Å². The molecule has 2 aliphatic rings. The van der Waals surface area contributed by atoms with Crippen molar-refractivity contribution in [1.82, 2.24) is 15.5 Å². The molecule has 2 heterocycles. The third-order valence-corrected chi connectivity index (χ3v) is 5.70. The van der Waals surface area contributed by atoms with Gasteiger partial charge in [-0.1, -0.05) is 6.92 Å². The molecule has 0 bridgehead atoms. The van der Waals surface area contributed by atoms with Crippen molar-refractivity contribution in [3.63, 3.8) is 0 Å². The highest BCUT2D eigenvalue weighted by Crippen LogP contribution is 2.27. The Morgan fingerprint density at radius 3 is 2.44 bits per heavy atom. The summed E-state index contributed by atoms with van der Waals surface area (Å²) in [5.41, 5.74) is 0.534. The molecule has 1 atom stereocenters. The van der Waals surface area contributed by atoms with Crippen molar-refractivity contribution in [1.29, 1.82) is 0 Å². The van der Waals surface area contributed by atoms with Gasteiger partial charge in [-0.2, -0.15) is 0 Å². The van der Waals surface area contributed by atoms with Crippen LogP contribution in [0.25, 0.3) is 0 Å². The third-order valence-electron chi connectivity index (χ3n) is 5.70. The van der Waals surface area contributed by atoms with Crippen molar-refractivity contribution in [3.05, 3.63) is 23.8 Å². The van der Waals surface area contributed by atoms with Crippen molar-refractivity contribution in [3.8, 4) is 11.5 Å². The van der Waals surface area contributed by atoms with E-state index in [0.717, 1.165) is 25.9 Å². The summed E-state index contributed by atoms with van der Waals surface area (Å²) in [4.78, 5) is 27.1. The van der Waals surface area contributed by atoms with Crippen LogP contribution in [0.1, 0.15) is 30.1 Å². The number of carbonyl (C=O) groups is 2. The average Bonchev–Trinajstić information content (AvgIpc) is 2.66. The van der Waals surface area contributed by atoms with Crippen molar-refractivity contribution in [2.75, 3.05) is 40.4 Å². The number of amides is 2. The first-order chi connectivity index (χ1) is 13.0. The van der Waals surface area contributed by atoms with Crippen LogP contribution in [0.2, 0.25) is 0 Å². The minimum Gasteiger partial charge on any atom is -0.497 e. The van der Waals surface area contributed by atoms with Gasteiger partial charge in [0.25, 0.3) is 5.91 Å². The Bertz CT molecular complexity index is 682. The van der Waals surface area contributed by atoms with Crippen LogP contribution < -0.4 is 20.1 Å². The maximum Gasteiger partial charge on any atom is 0.257 e. The van der Waals surface area contributed by atoms with Crippen molar-refractivity contribution >= 4 is 11.8 Å². The molecule has 2 N–H and O–H groups in total. The molecule has 2 fully saturated rings. The summed E-state index contributed by atoms with van der Waals surface area (Å²) in [6.07, 6.45) is 1.54. The molecule has 0 saturated carbocycles. The fourth-order valence-corrected chi connectivity index (χ4v) is 3.58. The predicted molar refractivity (Wildman–Crippen MR) is 102 cm³/mol. The van der Waals surface area contributed by atoms with Gasteiger partial charge in [-0.3, -0.25) is 9.59 Å². The predicted octanol–water partition coefficient (Wildman–Crippen LogP) is 1.28. The normalized spacial score (nSPS) is 19.1. The summed E-state index contributed by atoms with van der Waals surface area (Å²) in [5.74, 6) is 1.72. The third kappa shape index (κ3) is 4.35. The molecule has 27 heavy (non-hydrogen) atoms. The Hall–Kier alpha value is -2.28. The minimum atomic E-state index is -0.0480. The average molecular weight is 375 g/mol. The molecule has 7 heteroatoms. The van der Waals surface area contributed by atoms with Gasteiger partial charge in [0.2, 0.25) is 5.91 Å². The Labute approximate surface area is 160 Å². The van der Waals surface area contributed by atoms with Crippen molar-refractivity contribution in [2.24, 2.45) is 11.8 Å². The number of likely N-dealkylation sites (tertiary alicyclic amines) is 1. The molecular formula is C20H29N3O4. The van der Waals surface area contributed by atoms with E-state index in [0.29, 0.717) is 36.1 Å². The highest BCUT2D eigenvalue weighted by molar-refractivity contribution is 5.97. The second-order valence-electron chi connectivity index (χ2n) is 7.35. The van der Waals surface area contributed by atoms with E-state index in [9.17, 15) is 9.59 Å². The van der Waals surface area contributed by atoms with Gasteiger partial charge in [0.1, 0.15) is 11.5 Å². The van der Waals surface area contributed by atoms with Crippen LogP contribution in [-0.4, -0.2) is 63.2 Å². The Balaban J connectivity index is 1.54. The molecule has 1 aromatic carbocycles. The Morgan fingerprint density at radius 2 is 1.89 bits per heavy atom. The lowest BCUT2D eigenvalue weighted by atomic mass is 9.88. The fraction of sp³-hybridized carbons (Fsp3) is 0.600. The van der Waals surface area contributed by atoms with Gasteiger partial charge in [0.15, 0.2) is 0 Å². The van der Waals surface area contributed by atoms with Gasteiger partial charge in [-0.15, -0.1) is 0 Å². The van der Waals surface area contributed by atoms with E-state index in [1.807, 2.05) is 11.8 Å². The highest BCUT2D eigenvalue weighted by Gasteiger charge is 2.31. The molecule has 7 nitrogen and oxygen atoms in total. The quantitative estimate of drug-likeness (QED) is 0.783. The van der Waals surface area contributed by atoms with Crippen LogP contribution in [0.5, 0.6) is 11.5 Å². The minimum absolute atomic E-state index is 0.0365. The van der Waals surface area contributed by atoms with Gasteiger partial charge in [0, 0.05) is 31.1 Å². The first kappa shape index (κ1) is 19.5. The maximum absolute atomic E-state index is 12.9. The number of rotatable bonds is 6. The number of ether oxygens (including phenoxy) is 2. The second-order valence-corrected chi connectivity index (χ2v) is 7.35. The summed E-state index contributed by atoms with van der Waals surface area (Å²) in [7, 11) is 3.13. The topological polar surface area (TPSA) is 79.9 Å². The number of carbonyl (C=O) groups excluding carboxylic acids is 2. The van der Waals surface area contributed by atoms with Crippen molar-refractivity contribution < 1.29 is 19.1 Å². The molecule has 3 rings (SSSR count). The molecule has 1 unspecified atom stereocenters. The zero-order chi connectivity index (χ0) is 19.4. The van der Waals surface area contributed by atoms with Crippen LogP contribution >= 0.6 is 0 Å². The van der Waals surface area contributed by atoms with E-state index in [2.05, 4.69) is 10.6 Å². The van der Waals surface area contributed by atoms with Gasteiger partial charge >= 0.3 is 0 Å². The fourth-order valence-electron chi connectivity index (χ4n) is 3.58. The molecule has 2 aliphatic heterocycles. The van der Waals surface area contributed by atoms with E-state index in [-0.39, 0.29) is 23.8 Å². The molecule has 2 amide bonds. The molecular weight excluding hydrogens is 346 g/mol. The highest BCUT2D eigenvalue weighted by atomic mass is 16.5. The summed E-state index contributed by atoms with van der Waals surface area (Å²) in [6, 6.07) is 5.35. The van der Waals surface area contributed by atoms with E-state index < -0.39 is 0 Å². The van der Waals surface area contributed by atoms with E-state index in [1.165, 1.54) is 0 Å². The first-order valence-electron chi connectivity index (χ1n) is 9.56. The monoisotopic (exact) mass is 375 g/mol. The number of hydrogen-bond donors (Lipinski definition) is 2. The SMILES string of the molecule is COc1ccc(C(=O)N2CCC(NC(=O)C(C)C3CNC3)CC2)c(OC)c1. The molecule has 148 valence electrons. The van der Waals surface area contributed by atoms with Crippen LogP contribution in [0.3, 0.4) is 0 Å². The van der Waals surface area contributed by atoms with Gasteiger partial charge < -0.3 is 25.0 Å². The largest absolute Gasteiger partial charge is 0.497 e. The number of piperidine rings is 1. The zero-order valence-corrected chi connectivity index (χ0v) is 16.3. The number of nitrogens with zero attached hydrogens (tertiary/aromatic N) is 1. The van der Waals surface area contributed by atoms with E-state index >= 15 is 0 Å². The van der Waals surface area contributed by atoms with E-state index in [4.69, 9.17) is 9.47 Å². The molecule has 2 saturated heterocycles. The lowest BCUT2D eigenvalue weighted by Crippen LogP contribution is -2.52. The molecule has 0 radical (unpaired) electrons. The van der Waals surface area contributed by atoms with Crippen LogP contribution in [0.15, 0.2) is 18.2 Å². The standard InChI is InChI=1S/C20H29N3O4/c1-13(14-11-21-12-14)19(24)22-15-6-8-23(9-7-15)20(25)17-5-4-16(26-2)10-18(17)27-3/h4-5,10,13-15,21H,6-9,11-12H2,1-3H3,(H,22,24). The van der Waals surface area contributed by atoms with Gasteiger partial charge in [-0.05, 0) is 44.0 Å². The number of nitrogens with one attached hydrogen (secondary N) is 2. The second kappa shape index (κ2) is 8.61.